The Kier molecular flexibility index (Phi) is 16.3. The molecule has 3 N–H and O–H groups in total. The molecule has 2 aliphatic rings. The molecule has 0 aliphatic carbocycles. The number of piperazine rings is 2. The van der Waals surface area contributed by atoms with Gasteiger partial charge >= 0.3 is 12.2 Å². The molecule has 8 aromatic rings. The van der Waals surface area contributed by atoms with E-state index in [-0.39, 0.29) is 31.1 Å². The van der Waals surface area contributed by atoms with Crippen LogP contribution < -0.4 is 14.5 Å². The van der Waals surface area contributed by atoms with Gasteiger partial charge in [0, 0.05) is 79.9 Å². The van der Waals surface area contributed by atoms with Gasteiger partial charge in [0.1, 0.15) is 58.0 Å². The average molecular weight is 1040 g/mol. The van der Waals surface area contributed by atoms with Crippen molar-refractivity contribution >= 4 is 78.8 Å². The van der Waals surface area contributed by atoms with Gasteiger partial charge in [-0.1, -0.05) is 60.1 Å². The number of aliphatic hydroxyl groups is 2. The number of halogens is 1. The third kappa shape index (κ3) is 13.2. The number of amides is 2. The first-order valence-corrected chi connectivity index (χ1v) is 25.1. The van der Waals surface area contributed by atoms with Crippen molar-refractivity contribution in [1.82, 2.24) is 39.7 Å². The number of phenolic OH excluding ortho intramolecular Hbond substituents is 1. The Bertz CT molecular complexity index is 3350. The smallest absolute Gasteiger partial charge is 0.410 e. The normalized spacial score (nSPS) is 14.1. The number of hydrogen-bond donors (Lipinski definition) is 3. The molecule has 392 valence electrons. The fourth-order valence-electron chi connectivity index (χ4n) is 8.76. The summed E-state index contributed by atoms with van der Waals surface area (Å²) in [7, 11) is 0. The maximum absolute atomic E-state index is 12.5. The van der Waals surface area contributed by atoms with Gasteiger partial charge in [-0.25, -0.2) is 39.5 Å². The SMILES string of the molecule is Cc1cc2c(N3CCN(C(=O)OC(C)(C)C)CC3)ncnc2c(Cl)n1.Cc1cc2c(N3CCN(C(=O)OC(C)(C)C)CC3)ncnc2c(Oc2cc(CO)cc3ccccc23)n1.OCc1cc(O)c2ccccc2c1. The maximum Gasteiger partial charge on any atom is 0.410 e. The Hall–Kier alpha value is -7.67. The predicted molar refractivity (Wildman–Crippen MR) is 291 cm³/mol. The summed E-state index contributed by atoms with van der Waals surface area (Å²) in [5.74, 6) is 2.81. The Morgan fingerprint density at radius 2 is 1.03 bits per heavy atom. The minimum Gasteiger partial charge on any atom is -0.507 e. The molecule has 18 nitrogen and oxygen atoms in total. The molecule has 4 aromatic heterocycles. The van der Waals surface area contributed by atoms with Crippen molar-refractivity contribution in [2.45, 2.75) is 79.8 Å². The highest BCUT2D eigenvalue weighted by Crippen LogP contribution is 2.36. The molecule has 6 heterocycles. The van der Waals surface area contributed by atoms with Crippen LogP contribution >= 0.6 is 11.6 Å². The Morgan fingerprint density at radius 1 is 0.573 bits per heavy atom. The van der Waals surface area contributed by atoms with Crippen LogP contribution in [0.5, 0.6) is 17.4 Å². The lowest BCUT2D eigenvalue weighted by Crippen LogP contribution is -2.50. The average Bonchev–Trinajstić information content (AvgIpc) is 3.38. The van der Waals surface area contributed by atoms with E-state index in [0.29, 0.717) is 80.2 Å². The molecular weight excluding hydrogens is 976 g/mol. The molecule has 0 unspecified atom stereocenters. The van der Waals surface area contributed by atoms with E-state index < -0.39 is 11.2 Å². The zero-order chi connectivity index (χ0) is 53.6. The number of fused-ring (bicyclic) bond motifs is 4. The van der Waals surface area contributed by atoms with Crippen LogP contribution in [0, 0.1) is 13.8 Å². The largest absolute Gasteiger partial charge is 0.507 e. The number of carbonyl (C=O) groups is 2. The number of ether oxygens (including phenoxy) is 3. The number of aliphatic hydroxyl groups excluding tert-OH is 2. The van der Waals surface area contributed by atoms with E-state index in [9.17, 15) is 19.8 Å². The number of benzene rings is 4. The van der Waals surface area contributed by atoms with E-state index in [1.807, 2.05) is 134 Å². The van der Waals surface area contributed by atoms with Crippen molar-refractivity contribution in [3.63, 3.8) is 0 Å². The first-order chi connectivity index (χ1) is 35.8. The van der Waals surface area contributed by atoms with Gasteiger partial charge in [-0.3, -0.25) is 0 Å². The predicted octanol–water partition coefficient (Wildman–Crippen LogP) is 9.91. The minimum absolute atomic E-state index is 0.0433. The van der Waals surface area contributed by atoms with Crippen LogP contribution in [-0.2, 0) is 22.7 Å². The Labute approximate surface area is 440 Å². The second kappa shape index (κ2) is 22.8. The molecule has 10 rings (SSSR count). The van der Waals surface area contributed by atoms with Crippen molar-refractivity contribution in [3.05, 3.63) is 125 Å². The summed E-state index contributed by atoms with van der Waals surface area (Å²) in [6.07, 6.45) is 2.45. The number of aromatic nitrogens is 6. The lowest BCUT2D eigenvalue weighted by atomic mass is 10.1. The molecule has 2 saturated heterocycles. The molecule has 4 aromatic carbocycles. The van der Waals surface area contributed by atoms with Crippen LogP contribution in [0.25, 0.3) is 43.4 Å². The third-order valence-electron chi connectivity index (χ3n) is 12.2. The summed E-state index contributed by atoms with van der Waals surface area (Å²) in [5, 5.41) is 34.0. The monoisotopic (exact) mass is 1040 g/mol. The van der Waals surface area contributed by atoms with E-state index in [0.717, 1.165) is 66.5 Å². The number of aryl methyl sites for hydroxylation is 2. The molecule has 0 saturated carbocycles. The third-order valence-corrected chi connectivity index (χ3v) is 12.5. The summed E-state index contributed by atoms with van der Waals surface area (Å²) >= 11 is 6.21. The molecule has 0 bridgehead atoms. The van der Waals surface area contributed by atoms with Gasteiger partial charge in [0.15, 0.2) is 5.15 Å². The van der Waals surface area contributed by atoms with Gasteiger partial charge < -0.3 is 49.1 Å². The topological polar surface area (TPSA) is 213 Å². The molecule has 2 aliphatic heterocycles. The molecule has 2 amide bonds. The molecule has 0 atom stereocenters. The van der Waals surface area contributed by atoms with Crippen molar-refractivity contribution in [3.8, 4) is 17.4 Å². The van der Waals surface area contributed by atoms with Crippen molar-refractivity contribution in [1.29, 1.82) is 0 Å². The molecule has 19 heteroatoms. The summed E-state index contributed by atoms with van der Waals surface area (Å²) in [4.78, 5) is 59.1. The number of phenols is 1. The second-order valence-electron chi connectivity index (χ2n) is 20.3. The van der Waals surface area contributed by atoms with Crippen LogP contribution in [-0.4, -0.2) is 131 Å². The lowest BCUT2D eigenvalue weighted by Gasteiger charge is -2.36. The number of aromatic hydroxyl groups is 1. The molecule has 2 fully saturated rings. The van der Waals surface area contributed by atoms with Gasteiger partial charge in [-0.15, -0.1) is 0 Å². The highest BCUT2D eigenvalue weighted by molar-refractivity contribution is 6.34. The second-order valence-corrected chi connectivity index (χ2v) is 20.6. The Morgan fingerprint density at radius 3 is 1.55 bits per heavy atom. The zero-order valence-electron chi connectivity index (χ0n) is 43.5. The maximum atomic E-state index is 12.5. The van der Waals surface area contributed by atoms with E-state index in [1.54, 1.807) is 15.9 Å². The van der Waals surface area contributed by atoms with Gasteiger partial charge in [0.2, 0.25) is 5.88 Å². The number of anilines is 2. The van der Waals surface area contributed by atoms with Crippen LogP contribution in [0.4, 0.5) is 21.2 Å². The highest BCUT2D eigenvalue weighted by Gasteiger charge is 2.29. The van der Waals surface area contributed by atoms with Crippen molar-refractivity contribution in [2.24, 2.45) is 0 Å². The fourth-order valence-corrected chi connectivity index (χ4v) is 9.05. The lowest BCUT2D eigenvalue weighted by molar-refractivity contribution is 0.0230. The van der Waals surface area contributed by atoms with Gasteiger partial charge in [0.25, 0.3) is 0 Å². The summed E-state index contributed by atoms with van der Waals surface area (Å²) in [6, 6.07) is 26.5. The van der Waals surface area contributed by atoms with Crippen LogP contribution in [0.1, 0.15) is 64.1 Å². The first-order valence-electron chi connectivity index (χ1n) is 24.7. The minimum atomic E-state index is -0.528. The van der Waals surface area contributed by atoms with Crippen LogP contribution in [0.3, 0.4) is 0 Å². The van der Waals surface area contributed by atoms with Gasteiger partial charge in [-0.05, 0) is 114 Å². The zero-order valence-corrected chi connectivity index (χ0v) is 44.3. The number of nitrogens with zero attached hydrogens (tertiary/aromatic N) is 10. The van der Waals surface area contributed by atoms with Crippen molar-refractivity contribution in [2.75, 3.05) is 62.2 Å². The Balaban J connectivity index is 0.000000168. The number of hydrogen-bond acceptors (Lipinski definition) is 16. The van der Waals surface area contributed by atoms with Gasteiger partial charge in [-0.2, -0.15) is 0 Å². The first kappa shape index (κ1) is 53.6. The van der Waals surface area contributed by atoms with Gasteiger partial charge in [0.05, 0.1) is 18.6 Å². The van der Waals surface area contributed by atoms with E-state index in [2.05, 4.69) is 39.7 Å². The standard InChI is InChI=1S/C28H31N5O4.C17H22ClN5O2.C11H10O2/c1-18-13-22-24(26(31-18)36-23-15-19(16-34)14-20-7-5-6-8-21(20)23)29-17-30-25(22)32-9-11-33(12-10-32)27(35)37-28(2,3)4;1-11-9-12-13(14(18)21-11)19-10-20-15(12)22-5-7-23(8-6-22)16(24)25-17(2,3)4;12-7-8-5-9-3-1-2-4-10(9)11(13)6-8/h5-8,13-15,17,34H,9-12,16H2,1-4H3;9-10H,5-8H2,1-4H3;1-6,12-13H,7H2. The summed E-state index contributed by atoms with van der Waals surface area (Å²) in [5.41, 5.74) is 3.31. The fraction of sp³-hybridized carbons (Fsp3) is 0.357. The van der Waals surface area contributed by atoms with Crippen molar-refractivity contribution < 1.29 is 39.1 Å². The summed E-state index contributed by atoms with van der Waals surface area (Å²) in [6.45, 7) is 19.7. The van der Waals surface area contributed by atoms with E-state index in [1.165, 1.54) is 12.7 Å². The molecule has 75 heavy (non-hydrogen) atoms. The molecule has 0 radical (unpaired) electrons. The van der Waals surface area contributed by atoms with E-state index >= 15 is 0 Å². The number of rotatable bonds is 6. The summed E-state index contributed by atoms with van der Waals surface area (Å²) < 4.78 is 17.3. The number of pyridine rings is 2. The van der Waals surface area contributed by atoms with Crippen LogP contribution in [0.2, 0.25) is 5.15 Å². The molecular formula is C56H63ClN10O8. The quantitative estimate of drug-likeness (QED) is 0.132. The number of carbonyl (C=O) groups excluding carboxylic acids is 2. The molecule has 0 spiro atoms. The van der Waals surface area contributed by atoms with Crippen LogP contribution in [0.15, 0.2) is 97.6 Å². The van der Waals surface area contributed by atoms with E-state index in [4.69, 9.17) is 30.9 Å². The highest BCUT2D eigenvalue weighted by atomic mass is 35.5.